The third-order valence-electron chi connectivity index (χ3n) is 4.37. The van der Waals surface area contributed by atoms with Crippen molar-refractivity contribution in [2.24, 2.45) is 0 Å². The van der Waals surface area contributed by atoms with E-state index in [0.29, 0.717) is 11.0 Å². The lowest BCUT2D eigenvalue weighted by atomic mass is 10.1. The molecule has 29 heavy (non-hydrogen) atoms. The number of para-hydroxylation sites is 1. The van der Waals surface area contributed by atoms with Crippen LogP contribution in [0, 0.1) is 0 Å². The van der Waals surface area contributed by atoms with Gasteiger partial charge in [-0.25, -0.2) is 4.68 Å². The number of aromatic nitrogens is 5. The lowest BCUT2D eigenvalue weighted by Crippen LogP contribution is -2.16. The number of benzene rings is 1. The van der Waals surface area contributed by atoms with Gasteiger partial charge in [-0.15, -0.1) is 10.2 Å². The van der Waals surface area contributed by atoms with E-state index in [1.165, 1.54) is 11.8 Å². The Morgan fingerprint density at radius 3 is 2.55 bits per heavy atom. The molecule has 1 amide bonds. The molecule has 1 aromatic carbocycles. The van der Waals surface area contributed by atoms with E-state index in [9.17, 15) is 4.79 Å². The monoisotopic (exact) mass is 404 g/mol. The molecular formula is C21H20N6OS. The zero-order valence-electron chi connectivity index (χ0n) is 15.9. The average molecular weight is 404 g/mol. The summed E-state index contributed by atoms with van der Waals surface area (Å²) < 4.78 is 3.77. The van der Waals surface area contributed by atoms with Crippen LogP contribution in [-0.4, -0.2) is 36.2 Å². The van der Waals surface area contributed by atoms with Crippen molar-refractivity contribution >= 4 is 23.4 Å². The maximum atomic E-state index is 12.5. The highest BCUT2D eigenvalue weighted by Crippen LogP contribution is 2.24. The van der Waals surface area contributed by atoms with Crippen LogP contribution < -0.4 is 5.32 Å². The summed E-state index contributed by atoms with van der Waals surface area (Å²) in [5.74, 6) is 0.833. The fourth-order valence-corrected chi connectivity index (χ4v) is 3.70. The predicted octanol–water partition coefficient (Wildman–Crippen LogP) is 3.75. The highest BCUT2D eigenvalue weighted by molar-refractivity contribution is 7.99. The van der Waals surface area contributed by atoms with Gasteiger partial charge < -0.3 is 5.32 Å². The lowest BCUT2D eigenvalue weighted by molar-refractivity contribution is -0.113. The SMILES string of the molecule is CCc1ccccc1NC(=O)CSc1nnc(-c2ccncc2)n1-n1cccc1. The van der Waals surface area contributed by atoms with Crippen molar-refractivity contribution < 1.29 is 4.79 Å². The summed E-state index contributed by atoms with van der Waals surface area (Å²) in [5, 5.41) is 12.3. The van der Waals surface area contributed by atoms with Gasteiger partial charge in [-0.05, 0) is 42.3 Å². The number of anilines is 1. The van der Waals surface area contributed by atoms with Gasteiger partial charge in [0.1, 0.15) is 0 Å². The molecule has 146 valence electrons. The molecule has 0 bridgehead atoms. The normalized spacial score (nSPS) is 10.8. The number of hydrogen-bond acceptors (Lipinski definition) is 5. The van der Waals surface area contributed by atoms with Crippen LogP contribution >= 0.6 is 11.8 Å². The molecule has 0 aliphatic heterocycles. The molecule has 0 atom stereocenters. The minimum atomic E-state index is -0.0802. The van der Waals surface area contributed by atoms with Gasteiger partial charge in [-0.1, -0.05) is 36.9 Å². The first-order chi connectivity index (χ1) is 14.3. The van der Waals surface area contributed by atoms with Crippen LogP contribution in [0.25, 0.3) is 11.4 Å². The molecular weight excluding hydrogens is 384 g/mol. The summed E-state index contributed by atoms with van der Waals surface area (Å²) in [5.41, 5.74) is 2.86. The Balaban J connectivity index is 1.55. The minimum Gasteiger partial charge on any atom is -0.325 e. The average Bonchev–Trinajstić information content (AvgIpc) is 3.43. The first kappa shape index (κ1) is 18.9. The van der Waals surface area contributed by atoms with Crippen LogP contribution in [0.1, 0.15) is 12.5 Å². The Bertz CT molecular complexity index is 1090. The largest absolute Gasteiger partial charge is 0.325 e. The number of rotatable bonds is 7. The summed E-state index contributed by atoms with van der Waals surface area (Å²) >= 11 is 1.34. The van der Waals surface area contributed by atoms with E-state index in [4.69, 9.17) is 0 Å². The summed E-state index contributed by atoms with van der Waals surface area (Å²) in [4.78, 5) is 16.6. The Kier molecular flexibility index (Phi) is 5.71. The van der Waals surface area contributed by atoms with Gasteiger partial charge in [0, 0.05) is 36.0 Å². The Hall–Kier alpha value is -3.39. The number of thioether (sulfide) groups is 1. The molecule has 0 aliphatic carbocycles. The van der Waals surface area contributed by atoms with Crippen molar-refractivity contribution in [2.75, 3.05) is 11.1 Å². The Morgan fingerprint density at radius 1 is 1.03 bits per heavy atom. The number of aryl methyl sites for hydroxylation is 1. The second-order valence-corrected chi connectivity index (χ2v) is 7.21. The molecule has 0 fully saturated rings. The molecule has 1 N–H and O–H groups in total. The van der Waals surface area contributed by atoms with Gasteiger partial charge in [0.25, 0.3) is 0 Å². The predicted molar refractivity (Wildman–Crippen MR) is 114 cm³/mol. The number of carbonyl (C=O) groups is 1. The molecule has 7 nitrogen and oxygen atoms in total. The zero-order valence-corrected chi connectivity index (χ0v) is 16.7. The van der Waals surface area contributed by atoms with Crippen LogP contribution in [0.5, 0.6) is 0 Å². The first-order valence-corrected chi connectivity index (χ1v) is 10.2. The number of amides is 1. The molecule has 0 saturated heterocycles. The first-order valence-electron chi connectivity index (χ1n) is 9.26. The fraction of sp³-hybridized carbons (Fsp3) is 0.143. The van der Waals surface area contributed by atoms with Crippen LogP contribution in [0.2, 0.25) is 0 Å². The van der Waals surface area contributed by atoms with Crippen molar-refractivity contribution in [1.29, 1.82) is 0 Å². The summed E-state index contributed by atoms with van der Waals surface area (Å²) in [6, 6.07) is 15.5. The molecule has 3 heterocycles. The molecule has 8 heteroatoms. The Morgan fingerprint density at radius 2 is 1.79 bits per heavy atom. The highest BCUT2D eigenvalue weighted by Gasteiger charge is 2.17. The highest BCUT2D eigenvalue weighted by atomic mass is 32.2. The van der Waals surface area contributed by atoms with Gasteiger partial charge in [-0.3, -0.25) is 14.5 Å². The lowest BCUT2D eigenvalue weighted by Gasteiger charge is -2.12. The zero-order chi connectivity index (χ0) is 20.1. The number of carbonyl (C=O) groups excluding carboxylic acids is 1. The molecule has 4 rings (SSSR count). The van der Waals surface area contributed by atoms with Gasteiger partial charge in [0.05, 0.1) is 5.75 Å². The number of nitrogens with zero attached hydrogens (tertiary/aromatic N) is 5. The van der Waals surface area contributed by atoms with Crippen LogP contribution in [0.3, 0.4) is 0 Å². The Labute approximate surface area is 172 Å². The third kappa shape index (κ3) is 4.22. The van der Waals surface area contributed by atoms with E-state index in [-0.39, 0.29) is 11.7 Å². The molecule has 3 aromatic heterocycles. The fourth-order valence-electron chi connectivity index (χ4n) is 2.97. The molecule has 0 radical (unpaired) electrons. The van der Waals surface area contributed by atoms with E-state index in [1.807, 2.05) is 70.3 Å². The maximum Gasteiger partial charge on any atom is 0.234 e. The topological polar surface area (TPSA) is 77.6 Å². The van der Waals surface area contributed by atoms with Crippen LogP contribution in [-0.2, 0) is 11.2 Å². The number of nitrogens with one attached hydrogen (secondary N) is 1. The smallest absolute Gasteiger partial charge is 0.234 e. The van der Waals surface area contributed by atoms with Crippen molar-refractivity contribution in [3.63, 3.8) is 0 Å². The van der Waals surface area contributed by atoms with Crippen molar-refractivity contribution in [3.05, 3.63) is 78.9 Å². The number of hydrogen-bond donors (Lipinski definition) is 1. The maximum absolute atomic E-state index is 12.5. The van der Waals surface area contributed by atoms with Crippen LogP contribution in [0.4, 0.5) is 5.69 Å². The van der Waals surface area contributed by atoms with E-state index in [2.05, 4.69) is 27.4 Å². The second kappa shape index (κ2) is 8.74. The minimum absolute atomic E-state index is 0.0802. The summed E-state index contributed by atoms with van der Waals surface area (Å²) in [7, 11) is 0. The van der Waals surface area contributed by atoms with Gasteiger partial charge in [-0.2, -0.15) is 0 Å². The van der Waals surface area contributed by atoms with E-state index in [0.717, 1.165) is 23.2 Å². The summed E-state index contributed by atoms with van der Waals surface area (Å²) in [6.07, 6.45) is 8.12. The molecule has 0 saturated carbocycles. The van der Waals surface area contributed by atoms with Gasteiger partial charge >= 0.3 is 0 Å². The third-order valence-corrected chi connectivity index (χ3v) is 5.29. The van der Waals surface area contributed by atoms with Crippen molar-refractivity contribution in [3.8, 4) is 11.4 Å². The quantitative estimate of drug-likeness (QED) is 0.475. The van der Waals surface area contributed by atoms with Crippen molar-refractivity contribution in [1.82, 2.24) is 24.5 Å². The number of pyridine rings is 1. The molecule has 0 unspecified atom stereocenters. The standard InChI is InChI=1S/C21H20N6OS/c1-2-16-7-3-4-8-18(16)23-19(28)15-29-21-25-24-20(17-9-11-22-12-10-17)27(21)26-13-5-6-14-26/h3-14H,2,15H2,1H3,(H,23,28). The molecule has 0 aliphatic rings. The summed E-state index contributed by atoms with van der Waals surface area (Å²) in [6.45, 7) is 2.07. The molecule has 4 aromatic rings. The van der Waals surface area contributed by atoms with Gasteiger partial charge in [0.15, 0.2) is 5.82 Å². The van der Waals surface area contributed by atoms with E-state index >= 15 is 0 Å². The van der Waals surface area contributed by atoms with Crippen LogP contribution in [0.15, 0.2) is 78.5 Å². The van der Waals surface area contributed by atoms with Crippen molar-refractivity contribution in [2.45, 2.75) is 18.5 Å². The van der Waals surface area contributed by atoms with Gasteiger partial charge in [0.2, 0.25) is 11.1 Å². The van der Waals surface area contributed by atoms with E-state index < -0.39 is 0 Å². The second-order valence-electron chi connectivity index (χ2n) is 6.26. The molecule has 0 spiro atoms. The van der Waals surface area contributed by atoms with E-state index in [1.54, 1.807) is 12.4 Å².